The van der Waals surface area contributed by atoms with Crippen LogP contribution in [0.1, 0.15) is 21.5 Å². The summed E-state index contributed by atoms with van der Waals surface area (Å²) in [5.41, 5.74) is 10.2. The minimum atomic E-state index is -5.08. The maximum absolute atomic E-state index is 13.1. The van der Waals surface area contributed by atoms with Crippen molar-refractivity contribution in [2.24, 2.45) is 10.9 Å². The second-order valence-corrected chi connectivity index (χ2v) is 10.3. The van der Waals surface area contributed by atoms with Gasteiger partial charge in [0.15, 0.2) is 0 Å². The summed E-state index contributed by atoms with van der Waals surface area (Å²) in [4.78, 5) is 26.4. The van der Waals surface area contributed by atoms with Gasteiger partial charge in [0.05, 0.1) is 16.2 Å². The molecular weight excluding hydrogens is 575 g/mol. The molecule has 1 amide bonds. The third-order valence-corrected chi connectivity index (χ3v) is 6.61. The third-order valence-electron chi connectivity index (χ3n) is 5.64. The van der Waals surface area contributed by atoms with Gasteiger partial charge in [-0.15, -0.1) is 0 Å². The SMILES string of the molecule is Cc1ccc(S(N)(=O)=O)c(-c2ccc(NC(=O)c3cccnc3-c3cccc(C(=N)N)c3)cc2)c1.O=C(O)C(F)(F)F. The van der Waals surface area contributed by atoms with E-state index in [1.54, 1.807) is 79.0 Å². The quantitative estimate of drug-likeness (QED) is 0.159. The Balaban J connectivity index is 0.000000616. The number of alkyl halides is 3. The molecule has 0 saturated carbocycles. The lowest BCUT2D eigenvalue weighted by atomic mass is 10.0. The van der Waals surface area contributed by atoms with Crippen LogP contribution < -0.4 is 16.2 Å². The number of aromatic nitrogens is 1. The van der Waals surface area contributed by atoms with Gasteiger partial charge < -0.3 is 16.2 Å². The van der Waals surface area contributed by atoms with Crippen molar-refractivity contribution < 1.29 is 36.3 Å². The van der Waals surface area contributed by atoms with Crippen LogP contribution in [0.25, 0.3) is 22.4 Å². The Morgan fingerprint density at radius 3 is 2.17 bits per heavy atom. The second kappa shape index (κ2) is 12.6. The molecule has 7 N–H and O–H groups in total. The van der Waals surface area contributed by atoms with Crippen molar-refractivity contribution in [1.82, 2.24) is 4.98 Å². The summed E-state index contributed by atoms with van der Waals surface area (Å²) in [5, 5.41) is 23.0. The summed E-state index contributed by atoms with van der Waals surface area (Å²) in [6.45, 7) is 1.86. The van der Waals surface area contributed by atoms with Gasteiger partial charge in [-0.1, -0.05) is 48.0 Å². The Morgan fingerprint density at radius 1 is 0.952 bits per heavy atom. The summed E-state index contributed by atoms with van der Waals surface area (Å²) in [6, 6.07) is 22.1. The van der Waals surface area contributed by atoms with Crippen molar-refractivity contribution in [3.8, 4) is 22.4 Å². The van der Waals surface area contributed by atoms with Crippen LogP contribution in [0.15, 0.2) is 90.0 Å². The number of halogens is 3. The fraction of sp³-hybridized carbons (Fsp3) is 0.0714. The van der Waals surface area contributed by atoms with E-state index in [1.165, 1.54) is 6.07 Å². The molecule has 0 bridgehead atoms. The summed E-state index contributed by atoms with van der Waals surface area (Å²) in [7, 11) is -3.90. The zero-order valence-corrected chi connectivity index (χ0v) is 22.6. The van der Waals surface area contributed by atoms with E-state index in [9.17, 15) is 26.4 Å². The molecule has 0 aliphatic rings. The molecule has 0 radical (unpaired) electrons. The fourth-order valence-corrected chi connectivity index (χ4v) is 4.44. The Morgan fingerprint density at radius 2 is 1.60 bits per heavy atom. The van der Waals surface area contributed by atoms with Crippen molar-refractivity contribution in [2.45, 2.75) is 18.0 Å². The lowest BCUT2D eigenvalue weighted by Gasteiger charge is -2.12. The number of carboxylic acid groups (broad SMARTS) is 1. The van der Waals surface area contributed by atoms with Crippen LogP contribution in [0.4, 0.5) is 18.9 Å². The highest BCUT2D eigenvalue weighted by Crippen LogP contribution is 2.29. The van der Waals surface area contributed by atoms with E-state index in [1.807, 2.05) is 6.92 Å². The molecule has 0 fully saturated rings. The number of nitrogen functional groups attached to an aromatic ring is 1. The zero-order valence-electron chi connectivity index (χ0n) is 21.8. The first-order chi connectivity index (χ1) is 19.6. The van der Waals surface area contributed by atoms with E-state index < -0.39 is 22.2 Å². The van der Waals surface area contributed by atoms with Gasteiger partial charge in [0, 0.05) is 28.6 Å². The second-order valence-electron chi connectivity index (χ2n) is 8.77. The maximum Gasteiger partial charge on any atom is 0.490 e. The molecule has 4 aromatic rings. The van der Waals surface area contributed by atoms with Crippen LogP contribution in [0, 0.1) is 12.3 Å². The number of carbonyl (C=O) groups is 2. The molecule has 1 heterocycles. The number of pyridine rings is 1. The third kappa shape index (κ3) is 7.99. The number of carbonyl (C=O) groups excluding carboxylic acids is 1. The van der Waals surface area contributed by atoms with E-state index in [2.05, 4.69) is 10.3 Å². The van der Waals surface area contributed by atoms with Crippen LogP contribution in [0.3, 0.4) is 0 Å². The van der Waals surface area contributed by atoms with Crippen LogP contribution in [-0.2, 0) is 14.8 Å². The molecule has 0 unspecified atom stereocenters. The molecule has 10 nitrogen and oxygen atoms in total. The molecule has 1 aromatic heterocycles. The van der Waals surface area contributed by atoms with Crippen molar-refractivity contribution >= 4 is 33.4 Å². The zero-order chi connectivity index (χ0) is 31.2. The van der Waals surface area contributed by atoms with Gasteiger partial charge in [-0.2, -0.15) is 13.2 Å². The maximum atomic E-state index is 13.1. The van der Waals surface area contributed by atoms with Gasteiger partial charge in [0.2, 0.25) is 10.0 Å². The van der Waals surface area contributed by atoms with Crippen LogP contribution in [-0.4, -0.2) is 42.4 Å². The number of aryl methyl sites for hydroxylation is 1. The number of hydrogen-bond acceptors (Lipinski definition) is 6. The monoisotopic (exact) mass is 599 g/mol. The number of amidine groups is 1. The molecule has 0 spiro atoms. The minimum absolute atomic E-state index is 0.0349. The lowest BCUT2D eigenvalue weighted by molar-refractivity contribution is -0.192. The predicted octanol–water partition coefficient (Wildman–Crippen LogP) is 4.54. The molecule has 0 aliphatic carbocycles. The number of nitrogens with zero attached hydrogens (tertiary/aromatic N) is 1. The molecule has 42 heavy (non-hydrogen) atoms. The molecule has 0 atom stereocenters. The predicted molar refractivity (Wildman–Crippen MR) is 150 cm³/mol. The van der Waals surface area contributed by atoms with Crippen LogP contribution in [0.5, 0.6) is 0 Å². The number of primary sulfonamides is 1. The first-order valence-electron chi connectivity index (χ1n) is 11.8. The van der Waals surface area contributed by atoms with E-state index in [0.717, 1.165) is 5.56 Å². The highest BCUT2D eigenvalue weighted by molar-refractivity contribution is 7.89. The smallest absolute Gasteiger partial charge is 0.475 e. The molecule has 218 valence electrons. The van der Waals surface area contributed by atoms with Gasteiger partial charge in [-0.3, -0.25) is 15.2 Å². The van der Waals surface area contributed by atoms with Crippen molar-refractivity contribution in [1.29, 1.82) is 5.41 Å². The van der Waals surface area contributed by atoms with Gasteiger partial charge >= 0.3 is 12.1 Å². The van der Waals surface area contributed by atoms with E-state index >= 15 is 0 Å². The molecule has 3 aromatic carbocycles. The van der Waals surface area contributed by atoms with Gasteiger partial charge in [0.25, 0.3) is 5.91 Å². The Kier molecular flexibility index (Phi) is 9.45. The first-order valence-corrected chi connectivity index (χ1v) is 13.4. The molecule has 14 heteroatoms. The minimum Gasteiger partial charge on any atom is -0.475 e. The van der Waals surface area contributed by atoms with Crippen LogP contribution >= 0.6 is 0 Å². The Labute approximate surface area is 238 Å². The standard InChI is InChI=1S/C26H23N5O3S.C2HF3O2/c1-16-7-12-23(35(29,33)34)22(14-16)17-8-10-20(11-9-17)31-26(32)21-6-3-13-30-24(21)18-4-2-5-19(15-18)25(27)28;3-2(4,5)1(6)7/h2-15H,1H3,(H3,27,28)(H,31,32)(H2,29,33,34);(H,6,7). The van der Waals surface area contributed by atoms with Crippen LogP contribution in [0.2, 0.25) is 0 Å². The number of nitrogens with two attached hydrogens (primary N) is 2. The molecule has 4 rings (SSSR count). The highest BCUT2D eigenvalue weighted by atomic mass is 32.2. The number of benzene rings is 3. The van der Waals surface area contributed by atoms with E-state index in [4.69, 9.17) is 26.2 Å². The number of carboxylic acids is 1. The molecule has 0 saturated heterocycles. The number of nitrogens with one attached hydrogen (secondary N) is 2. The topological polar surface area (TPSA) is 189 Å². The van der Waals surface area contributed by atoms with Gasteiger partial charge in [-0.05, 0) is 48.9 Å². The summed E-state index contributed by atoms with van der Waals surface area (Å²) >= 11 is 0. The summed E-state index contributed by atoms with van der Waals surface area (Å²) in [5.74, 6) is -3.20. The van der Waals surface area contributed by atoms with Crippen molar-refractivity contribution in [3.05, 3.63) is 102 Å². The summed E-state index contributed by atoms with van der Waals surface area (Å²) in [6.07, 6.45) is -3.49. The highest BCUT2D eigenvalue weighted by Gasteiger charge is 2.38. The number of amides is 1. The number of rotatable bonds is 6. The normalized spacial score (nSPS) is 11.2. The van der Waals surface area contributed by atoms with E-state index in [-0.39, 0.29) is 16.6 Å². The first kappa shape index (κ1) is 31.4. The largest absolute Gasteiger partial charge is 0.490 e. The average molecular weight is 600 g/mol. The Hall–Kier alpha value is -5.08. The Bertz CT molecular complexity index is 1760. The number of aliphatic carboxylic acids is 1. The van der Waals surface area contributed by atoms with E-state index in [0.29, 0.717) is 39.2 Å². The average Bonchev–Trinajstić information content (AvgIpc) is 2.92. The van der Waals surface area contributed by atoms with Gasteiger partial charge in [-0.25, -0.2) is 18.4 Å². The number of hydrogen-bond donors (Lipinski definition) is 5. The summed E-state index contributed by atoms with van der Waals surface area (Å²) < 4.78 is 55.8. The lowest BCUT2D eigenvalue weighted by Crippen LogP contribution is -2.21. The molecular formula is C28H24F3N5O5S. The number of sulfonamides is 1. The van der Waals surface area contributed by atoms with Crippen molar-refractivity contribution in [3.63, 3.8) is 0 Å². The van der Waals surface area contributed by atoms with Gasteiger partial charge in [0.1, 0.15) is 5.84 Å². The fourth-order valence-electron chi connectivity index (χ4n) is 3.70. The number of anilines is 1. The van der Waals surface area contributed by atoms with Crippen molar-refractivity contribution in [2.75, 3.05) is 5.32 Å². The molecule has 0 aliphatic heterocycles.